The van der Waals surface area contributed by atoms with Crippen LogP contribution in [0.25, 0.3) is 22.2 Å². The van der Waals surface area contributed by atoms with Crippen LogP contribution in [0.2, 0.25) is 0 Å². The molecule has 0 spiro atoms. The van der Waals surface area contributed by atoms with E-state index in [1.165, 1.54) is 0 Å². The van der Waals surface area contributed by atoms with E-state index in [9.17, 15) is 4.79 Å². The predicted molar refractivity (Wildman–Crippen MR) is 127 cm³/mol. The van der Waals surface area contributed by atoms with E-state index < -0.39 is 5.91 Å². The van der Waals surface area contributed by atoms with Gasteiger partial charge in [0, 0.05) is 28.9 Å². The SMILES string of the molecule is CC(Oc1ccc2c(Nc3ccc(-c4cccc(C(N)=O)c4)cc3)ccnc2n1)N(C)C. The Hall–Kier alpha value is -3.97. The van der Waals surface area contributed by atoms with Gasteiger partial charge in [-0.2, -0.15) is 4.98 Å². The molecule has 7 heteroatoms. The molecule has 0 aliphatic heterocycles. The molecule has 1 atom stereocenters. The van der Waals surface area contributed by atoms with Crippen molar-refractivity contribution in [2.75, 3.05) is 19.4 Å². The highest BCUT2D eigenvalue weighted by Gasteiger charge is 2.10. The first-order chi connectivity index (χ1) is 15.4. The quantitative estimate of drug-likeness (QED) is 0.424. The molecule has 2 aromatic carbocycles. The highest BCUT2D eigenvalue weighted by molar-refractivity contribution is 5.94. The van der Waals surface area contributed by atoms with Gasteiger partial charge in [0.2, 0.25) is 11.8 Å². The molecule has 1 unspecified atom stereocenters. The normalized spacial score (nSPS) is 12.0. The molecule has 7 nitrogen and oxygen atoms in total. The molecule has 162 valence electrons. The van der Waals surface area contributed by atoms with Crippen molar-refractivity contribution in [2.24, 2.45) is 5.73 Å². The number of fused-ring (bicyclic) bond motifs is 1. The van der Waals surface area contributed by atoms with E-state index in [1.54, 1.807) is 18.3 Å². The van der Waals surface area contributed by atoms with Crippen LogP contribution in [0.5, 0.6) is 5.88 Å². The number of anilines is 2. The number of nitrogens with two attached hydrogens (primary N) is 1. The van der Waals surface area contributed by atoms with Crippen LogP contribution in [0.1, 0.15) is 17.3 Å². The molecule has 0 radical (unpaired) electrons. The summed E-state index contributed by atoms with van der Waals surface area (Å²) >= 11 is 0. The monoisotopic (exact) mass is 427 g/mol. The number of nitrogens with zero attached hydrogens (tertiary/aromatic N) is 3. The number of ether oxygens (including phenoxy) is 1. The second-order valence-corrected chi connectivity index (χ2v) is 7.71. The predicted octanol–water partition coefficient (Wildman–Crippen LogP) is 4.43. The zero-order chi connectivity index (χ0) is 22.7. The van der Waals surface area contributed by atoms with Gasteiger partial charge in [-0.1, -0.05) is 24.3 Å². The first-order valence-electron chi connectivity index (χ1n) is 10.3. The molecular weight excluding hydrogens is 402 g/mol. The van der Waals surface area contributed by atoms with Crippen molar-refractivity contribution < 1.29 is 9.53 Å². The fourth-order valence-electron chi connectivity index (χ4n) is 3.22. The average molecular weight is 428 g/mol. The molecule has 32 heavy (non-hydrogen) atoms. The highest BCUT2D eigenvalue weighted by Crippen LogP contribution is 2.28. The van der Waals surface area contributed by atoms with Crippen LogP contribution in [0, 0.1) is 0 Å². The van der Waals surface area contributed by atoms with Crippen LogP contribution in [0.15, 0.2) is 72.9 Å². The minimum Gasteiger partial charge on any atom is -0.459 e. The molecule has 0 aliphatic carbocycles. The molecule has 1 amide bonds. The highest BCUT2D eigenvalue weighted by atomic mass is 16.5. The lowest BCUT2D eigenvalue weighted by molar-refractivity contribution is 0.0772. The Balaban J connectivity index is 1.55. The Kier molecular flexibility index (Phi) is 6.00. The molecule has 0 aliphatic rings. The second kappa shape index (κ2) is 9.03. The van der Waals surface area contributed by atoms with Crippen molar-refractivity contribution in [1.29, 1.82) is 0 Å². The van der Waals surface area contributed by atoms with Crippen LogP contribution < -0.4 is 15.8 Å². The van der Waals surface area contributed by atoms with Gasteiger partial charge in [0.15, 0.2) is 11.9 Å². The van der Waals surface area contributed by atoms with E-state index in [4.69, 9.17) is 10.5 Å². The lowest BCUT2D eigenvalue weighted by Crippen LogP contribution is -2.30. The van der Waals surface area contributed by atoms with Gasteiger partial charge in [-0.05, 0) is 68.5 Å². The summed E-state index contributed by atoms with van der Waals surface area (Å²) in [6.07, 6.45) is 1.63. The van der Waals surface area contributed by atoms with Gasteiger partial charge in [-0.3, -0.25) is 9.69 Å². The molecule has 0 bridgehead atoms. The van der Waals surface area contributed by atoms with Gasteiger partial charge in [0.05, 0.1) is 5.69 Å². The zero-order valence-corrected chi connectivity index (χ0v) is 18.2. The standard InChI is InChI=1S/C25H25N5O2/c1-16(30(2)3)32-23-12-11-21-22(13-14-27-25(21)29-23)28-20-9-7-17(8-10-20)18-5-4-6-19(15-18)24(26)31/h4-16H,1-3H3,(H2,26,31)(H,27,28,29). The van der Waals surface area contributed by atoms with Gasteiger partial charge in [-0.25, -0.2) is 4.98 Å². The number of amides is 1. The van der Waals surface area contributed by atoms with Gasteiger partial charge >= 0.3 is 0 Å². The van der Waals surface area contributed by atoms with Gasteiger partial charge < -0.3 is 15.8 Å². The summed E-state index contributed by atoms with van der Waals surface area (Å²) in [4.78, 5) is 22.3. The average Bonchev–Trinajstić information content (AvgIpc) is 2.79. The maximum absolute atomic E-state index is 11.4. The summed E-state index contributed by atoms with van der Waals surface area (Å²) in [5.74, 6) is 0.0962. The summed E-state index contributed by atoms with van der Waals surface area (Å²) in [6, 6.07) is 21.0. The number of nitrogens with one attached hydrogen (secondary N) is 1. The van der Waals surface area contributed by atoms with Crippen LogP contribution in [-0.4, -0.2) is 41.1 Å². The maximum Gasteiger partial charge on any atom is 0.248 e. The fourth-order valence-corrected chi connectivity index (χ4v) is 3.22. The molecule has 4 aromatic rings. The van der Waals surface area contributed by atoms with Crippen LogP contribution in [0.3, 0.4) is 0 Å². The molecule has 0 saturated heterocycles. The molecular formula is C25H25N5O2. The summed E-state index contributed by atoms with van der Waals surface area (Å²) in [5.41, 5.74) is 10.3. The molecule has 0 saturated carbocycles. The third kappa shape index (κ3) is 4.68. The van der Waals surface area contributed by atoms with E-state index in [0.29, 0.717) is 17.1 Å². The Labute approximate surface area is 186 Å². The van der Waals surface area contributed by atoms with Gasteiger partial charge in [-0.15, -0.1) is 0 Å². The summed E-state index contributed by atoms with van der Waals surface area (Å²) in [5, 5.41) is 4.33. The third-order valence-corrected chi connectivity index (χ3v) is 5.24. The number of pyridine rings is 2. The zero-order valence-electron chi connectivity index (χ0n) is 18.2. The third-order valence-electron chi connectivity index (χ3n) is 5.24. The van der Waals surface area contributed by atoms with Crippen molar-refractivity contribution >= 4 is 28.3 Å². The molecule has 0 fully saturated rings. The van der Waals surface area contributed by atoms with Gasteiger partial charge in [0.1, 0.15) is 0 Å². The number of benzene rings is 2. The fraction of sp³-hybridized carbons (Fsp3) is 0.160. The number of aromatic nitrogens is 2. The number of carbonyl (C=O) groups excluding carboxylic acids is 1. The van der Waals surface area contributed by atoms with Crippen molar-refractivity contribution in [3.8, 4) is 17.0 Å². The van der Waals surface area contributed by atoms with Gasteiger partial charge in [0.25, 0.3) is 0 Å². The lowest BCUT2D eigenvalue weighted by atomic mass is 10.0. The van der Waals surface area contributed by atoms with E-state index >= 15 is 0 Å². The first kappa shape index (κ1) is 21.3. The Bertz CT molecular complexity index is 1250. The second-order valence-electron chi connectivity index (χ2n) is 7.71. The van der Waals surface area contributed by atoms with Crippen LogP contribution in [-0.2, 0) is 0 Å². The van der Waals surface area contributed by atoms with E-state index in [-0.39, 0.29) is 6.23 Å². The lowest BCUT2D eigenvalue weighted by Gasteiger charge is -2.20. The van der Waals surface area contributed by atoms with Crippen molar-refractivity contribution in [1.82, 2.24) is 14.9 Å². The number of rotatable bonds is 7. The van der Waals surface area contributed by atoms with Crippen molar-refractivity contribution in [3.05, 3.63) is 78.5 Å². The minimum atomic E-state index is -0.437. The summed E-state index contributed by atoms with van der Waals surface area (Å²) in [7, 11) is 3.90. The molecule has 2 heterocycles. The van der Waals surface area contributed by atoms with Crippen LogP contribution in [0.4, 0.5) is 11.4 Å². The first-order valence-corrected chi connectivity index (χ1v) is 10.3. The molecule has 3 N–H and O–H groups in total. The summed E-state index contributed by atoms with van der Waals surface area (Å²) in [6.45, 7) is 1.96. The number of hydrogen-bond donors (Lipinski definition) is 2. The Morgan fingerprint density at radius 2 is 1.81 bits per heavy atom. The Morgan fingerprint density at radius 3 is 2.53 bits per heavy atom. The van der Waals surface area contributed by atoms with Crippen LogP contribution >= 0.6 is 0 Å². The number of primary amides is 1. The number of carbonyl (C=O) groups is 1. The maximum atomic E-state index is 11.4. The minimum absolute atomic E-state index is 0.0940. The van der Waals surface area contributed by atoms with Crippen molar-refractivity contribution in [2.45, 2.75) is 13.2 Å². The smallest absolute Gasteiger partial charge is 0.248 e. The molecule has 4 rings (SSSR count). The van der Waals surface area contributed by atoms with E-state index in [1.807, 2.05) is 80.5 Å². The van der Waals surface area contributed by atoms with Crippen molar-refractivity contribution in [3.63, 3.8) is 0 Å². The Morgan fingerprint density at radius 1 is 1.03 bits per heavy atom. The largest absolute Gasteiger partial charge is 0.459 e. The molecule has 2 aromatic heterocycles. The van der Waals surface area contributed by atoms with E-state index in [2.05, 4.69) is 15.3 Å². The summed E-state index contributed by atoms with van der Waals surface area (Å²) < 4.78 is 5.85. The number of hydrogen-bond acceptors (Lipinski definition) is 6. The van der Waals surface area contributed by atoms with E-state index in [0.717, 1.165) is 27.9 Å². The topological polar surface area (TPSA) is 93.4 Å².